The average Bonchev–Trinajstić information content (AvgIpc) is 2.83. The summed E-state index contributed by atoms with van der Waals surface area (Å²) in [6.45, 7) is 11.8. The smallest absolute Gasteiger partial charge is 0.0386 e. The number of nitrogens with one attached hydrogen (secondary N) is 1. The molecule has 1 saturated heterocycles. The van der Waals surface area contributed by atoms with Gasteiger partial charge in [0.2, 0.25) is 0 Å². The fourth-order valence-corrected chi connectivity index (χ4v) is 3.60. The summed E-state index contributed by atoms with van der Waals surface area (Å²) in [5.74, 6) is 0.941. The maximum atomic E-state index is 3.64. The Kier molecular flexibility index (Phi) is 5.86. The number of likely N-dealkylation sites (tertiary alicyclic amines) is 1. The topological polar surface area (TPSA) is 15.3 Å². The molecule has 2 rings (SSSR count). The minimum atomic E-state index is 0.500. The highest BCUT2D eigenvalue weighted by Crippen LogP contribution is 2.22. The van der Waals surface area contributed by atoms with Crippen LogP contribution in [0.5, 0.6) is 0 Å². The van der Waals surface area contributed by atoms with E-state index < -0.39 is 0 Å². The first-order chi connectivity index (χ1) is 9.15. The molecule has 1 atom stereocenters. The van der Waals surface area contributed by atoms with Crippen LogP contribution < -0.4 is 5.32 Å². The van der Waals surface area contributed by atoms with Gasteiger partial charge in [-0.05, 0) is 77.3 Å². The molecule has 1 unspecified atom stereocenters. The van der Waals surface area contributed by atoms with Crippen molar-refractivity contribution in [3.05, 3.63) is 21.9 Å². The van der Waals surface area contributed by atoms with Crippen LogP contribution in [0.4, 0.5) is 0 Å². The van der Waals surface area contributed by atoms with E-state index in [4.69, 9.17) is 0 Å². The van der Waals surface area contributed by atoms with E-state index in [0.717, 1.165) is 12.5 Å². The van der Waals surface area contributed by atoms with Gasteiger partial charge in [-0.15, -0.1) is 11.3 Å². The first kappa shape index (κ1) is 15.0. The molecule has 19 heavy (non-hydrogen) atoms. The number of thiophene rings is 1. The minimum absolute atomic E-state index is 0.500. The standard InChI is InChI=1S/C16H28N2S/c1-13-7-11-18(12-8-13)10-4-9-17-15(3)16-6-5-14(2)19-16/h5-6,13,15,17H,4,7-12H2,1-3H3. The van der Waals surface area contributed by atoms with Crippen molar-refractivity contribution >= 4 is 11.3 Å². The summed E-state index contributed by atoms with van der Waals surface area (Å²) < 4.78 is 0. The molecule has 0 amide bonds. The zero-order valence-corrected chi connectivity index (χ0v) is 13.4. The average molecular weight is 280 g/mol. The maximum Gasteiger partial charge on any atom is 0.0386 e. The van der Waals surface area contributed by atoms with Crippen molar-refractivity contribution in [1.82, 2.24) is 10.2 Å². The number of aryl methyl sites for hydroxylation is 1. The molecule has 0 radical (unpaired) electrons. The second kappa shape index (κ2) is 7.41. The van der Waals surface area contributed by atoms with Crippen molar-refractivity contribution in [2.24, 2.45) is 5.92 Å². The molecule has 3 heteroatoms. The van der Waals surface area contributed by atoms with Gasteiger partial charge < -0.3 is 10.2 Å². The van der Waals surface area contributed by atoms with Crippen LogP contribution in [0.3, 0.4) is 0 Å². The highest BCUT2D eigenvalue weighted by Gasteiger charge is 2.15. The van der Waals surface area contributed by atoms with Gasteiger partial charge >= 0.3 is 0 Å². The predicted octanol–water partition coefficient (Wildman–Crippen LogP) is 3.83. The van der Waals surface area contributed by atoms with E-state index in [0.29, 0.717) is 6.04 Å². The Morgan fingerprint density at radius 3 is 2.74 bits per heavy atom. The third-order valence-electron chi connectivity index (χ3n) is 4.17. The first-order valence-corrected chi connectivity index (χ1v) is 8.49. The Morgan fingerprint density at radius 1 is 1.37 bits per heavy atom. The van der Waals surface area contributed by atoms with Gasteiger partial charge in [-0.2, -0.15) is 0 Å². The number of piperidine rings is 1. The fraction of sp³-hybridized carbons (Fsp3) is 0.750. The van der Waals surface area contributed by atoms with Gasteiger partial charge in [0.1, 0.15) is 0 Å². The highest BCUT2D eigenvalue weighted by molar-refractivity contribution is 7.12. The molecule has 0 spiro atoms. The van der Waals surface area contributed by atoms with Crippen LogP contribution in [0.1, 0.15) is 48.9 Å². The van der Waals surface area contributed by atoms with Crippen molar-refractivity contribution in [3.8, 4) is 0 Å². The fourth-order valence-electron chi connectivity index (χ4n) is 2.69. The Hall–Kier alpha value is -0.380. The van der Waals surface area contributed by atoms with Crippen LogP contribution in [0.25, 0.3) is 0 Å². The van der Waals surface area contributed by atoms with Crippen molar-refractivity contribution < 1.29 is 0 Å². The molecule has 1 N–H and O–H groups in total. The lowest BCUT2D eigenvalue weighted by Crippen LogP contribution is -2.35. The lowest BCUT2D eigenvalue weighted by Gasteiger charge is -2.30. The van der Waals surface area contributed by atoms with Gasteiger partial charge in [0.25, 0.3) is 0 Å². The minimum Gasteiger partial charge on any atom is -0.309 e. The molecule has 0 saturated carbocycles. The molecule has 1 aliphatic rings. The van der Waals surface area contributed by atoms with Gasteiger partial charge in [0.05, 0.1) is 0 Å². The van der Waals surface area contributed by atoms with Crippen LogP contribution in [0, 0.1) is 12.8 Å². The zero-order chi connectivity index (χ0) is 13.7. The van der Waals surface area contributed by atoms with Crippen molar-refractivity contribution in [3.63, 3.8) is 0 Å². The second-order valence-electron chi connectivity index (χ2n) is 6.00. The first-order valence-electron chi connectivity index (χ1n) is 7.67. The third kappa shape index (κ3) is 4.90. The molecule has 1 fully saturated rings. The summed E-state index contributed by atoms with van der Waals surface area (Å²) >= 11 is 1.91. The molecule has 0 aromatic carbocycles. The molecular weight excluding hydrogens is 252 g/mol. The van der Waals surface area contributed by atoms with E-state index in [1.54, 1.807) is 0 Å². The van der Waals surface area contributed by atoms with Crippen molar-refractivity contribution in [2.45, 2.75) is 46.1 Å². The SMILES string of the molecule is Cc1ccc(C(C)NCCCN2CCC(C)CC2)s1. The number of hydrogen-bond donors (Lipinski definition) is 1. The van der Waals surface area contributed by atoms with Gasteiger partial charge in [-0.25, -0.2) is 0 Å². The molecule has 0 bridgehead atoms. The second-order valence-corrected chi connectivity index (χ2v) is 7.32. The summed E-state index contributed by atoms with van der Waals surface area (Å²) in [4.78, 5) is 5.50. The lowest BCUT2D eigenvalue weighted by molar-refractivity contribution is 0.190. The normalized spacial score (nSPS) is 19.7. The van der Waals surface area contributed by atoms with Gasteiger partial charge in [-0.1, -0.05) is 6.92 Å². The summed E-state index contributed by atoms with van der Waals surface area (Å²) in [5.41, 5.74) is 0. The molecule has 108 valence electrons. The van der Waals surface area contributed by atoms with E-state index in [2.05, 4.69) is 43.1 Å². The highest BCUT2D eigenvalue weighted by atomic mass is 32.1. The summed E-state index contributed by atoms with van der Waals surface area (Å²) in [7, 11) is 0. The Labute approximate surface area is 122 Å². The van der Waals surface area contributed by atoms with Crippen LogP contribution in [0.2, 0.25) is 0 Å². The van der Waals surface area contributed by atoms with Crippen molar-refractivity contribution in [2.75, 3.05) is 26.2 Å². The van der Waals surface area contributed by atoms with Crippen LogP contribution in [0.15, 0.2) is 12.1 Å². The predicted molar refractivity (Wildman–Crippen MR) is 84.9 cm³/mol. The van der Waals surface area contributed by atoms with Crippen molar-refractivity contribution in [1.29, 1.82) is 0 Å². The molecule has 0 aliphatic carbocycles. The summed E-state index contributed by atoms with van der Waals surface area (Å²) in [6, 6.07) is 4.97. The van der Waals surface area contributed by atoms with Gasteiger partial charge in [0, 0.05) is 15.8 Å². The molecule has 1 aliphatic heterocycles. The van der Waals surface area contributed by atoms with Crippen LogP contribution in [-0.2, 0) is 0 Å². The Morgan fingerprint density at radius 2 is 2.11 bits per heavy atom. The molecule has 2 nitrogen and oxygen atoms in total. The quantitative estimate of drug-likeness (QED) is 0.797. The Balaban J connectivity index is 1.59. The van der Waals surface area contributed by atoms with Crippen LogP contribution in [-0.4, -0.2) is 31.1 Å². The van der Waals surface area contributed by atoms with E-state index in [1.165, 1.54) is 48.7 Å². The van der Waals surface area contributed by atoms with E-state index in [-0.39, 0.29) is 0 Å². The number of rotatable bonds is 6. The zero-order valence-electron chi connectivity index (χ0n) is 12.6. The molecule has 1 aromatic heterocycles. The third-order valence-corrected chi connectivity index (χ3v) is 5.35. The molecule has 2 heterocycles. The summed E-state index contributed by atoms with van der Waals surface area (Å²) in [6.07, 6.45) is 4.04. The van der Waals surface area contributed by atoms with E-state index >= 15 is 0 Å². The van der Waals surface area contributed by atoms with E-state index in [1.807, 2.05) is 11.3 Å². The largest absolute Gasteiger partial charge is 0.309 e. The lowest BCUT2D eigenvalue weighted by atomic mass is 9.99. The molecular formula is C16H28N2S. The Bertz CT molecular complexity index is 367. The maximum absolute atomic E-state index is 3.64. The van der Waals surface area contributed by atoms with Crippen LogP contribution >= 0.6 is 11.3 Å². The van der Waals surface area contributed by atoms with E-state index in [9.17, 15) is 0 Å². The number of nitrogens with zero attached hydrogens (tertiary/aromatic N) is 1. The molecule has 1 aromatic rings. The number of hydrogen-bond acceptors (Lipinski definition) is 3. The van der Waals surface area contributed by atoms with Gasteiger partial charge in [0.15, 0.2) is 0 Å². The monoisotopic (exact) mass is 280 g/mol. The van der Waals surface area contributed by atoms with Gasteiger partial charge in [-0.3, -0.25) is 0 Å². The summed E-state index contributed by atoms with van der Waals surface area (Å²) in [5, 5.41) is 3.64.